The number of piperidine rings is 1. The molecule has 0 aliphatic carbocycles. The Hall–Kier alpha value is -1.35. The second-order valence-electron chi connectivity index (χ2n) is 5.08. The van der Waals surface area contributed by atoms with Crippen LogP contribution in [0.15, 0.2) is 24.4 Å². The minimum atomic E-state index is 0.735. The molecule has 3 nitrogen and oxygen atoms in total. The van der Waals surface area contributed by atoms with Crippen LogP contribution in [-0.4, -0.2) is 22.9 Å². The van der Waals surface area contributed by atoms with E-state index in [9.17, 15) is 0 Å². The molecule has 1 atom stereocenters. The summed E-state index contributed by atoms with van der Waals surface area (Å²) in [5, 5.41) is 9.41. The van der Waals surface area contributed by atoms with E-state index in [1.54, 1.807) is 0 Å². The Balaban J connectivity index is 1.83. The highest BCUT2D eigenvalue weighted by Crippen LogP contribution is 2.18. The van der Waals surface area contributed by atoms with Gasteiger partial charge in [0.05, 0.1) is 5.52 Å². The van der Waals surface area contributed by atoms with Gasteiger partial charge in [-0.1, -0.05) is 18.2 Å². The van der Waals surface area contributed by atoms with Gasteiger partial charge in [0.15, 0.2) is 0 Å². The van der Waals surface area contributed by atoms with E-state index in [4.69, 9.17) is 5.10 Å². The molecule has 2 heterocycles. The second-order valence-corrected chi connectivity index (χ2v) is 5.08. The van der Waals surface area contributed by atoms with Crippen molar-refractivity contribution in [3.05, 3.63) is 30.0 Å². The predicted octanol–water partition coefficient (Wildman–Crippen LogP) is 2.34. The van der Waals surface area contributed by atoms with Crippen molar-refractivity contribution in [3.8, 4) is 0 Å². The molecule has 0 bridgehead atoms. The molecule has 0 amide bonds. The maximum Gasteiger partial charge on any atom is 0.0952 e. The van der Waals surface area contributed by atoms with Gasteiger partial charge in [-0.3, -0.25) is 4.68 Å². The Morgan fingerprint density at radius 1 is 1.47 bits per heavy atom. The summed E-state index contributed by atoms with van der Waals surface area (Å²) in [6.07, 6.45) is 4.80. The van der Waals surface area contributed by atoms with Crippen LogP contribution in [0.4, 0.5) is 0 Å². The normalized spacial score (nSPS) is 20.9. The number of rotatable bonds is 2. The van der Waals surface area contributed by atoms with Crippen LogP contribution in [0.1, 0.15) is 18.4 Å². The molecule has 1 aromatic heterocycles. The van der Waals surface area contributed by atoms with Crippen molar-refractivity contribution in [2.75, 3.05) is 13.1 Å². The van der Waals surface area contributed by atoms with Crippen LogP contribution in [0.5, 0.6) is 0 Å². The lowest BCUT2D eigenvalue weighted by Gasteiger charge is -2.22. The van der Waals surface area contributed by atoms with Gasteiger partial charge in [-0.2, -0.15) is 5.10 Å². The average Bonchev–Trinajstić information content (AvgIpc) is 2.74. The topological polar surface area (TPSA) is 29.9 Å². The molecular formula is C14H19N3. The third-order valence-electron chi connectivity index (χ3n) is 3.63. The smallest absolute Gasteiger partial charge is 0.0952 e. The first-order valence-corrected chi connectivity index (χ1v) is 6.46. The van der Waals surface area contributed by atoms with Crippen LogP contribution in [0.25, 0.3) is 10.9 Å². The van der Waals surface area contributed by atoms with E-state index in [1.807, 2.05) is 0 Å². The molecule has 1 aromatic carbocycles. The van der Waals surface area contributed by atoms with Crippen LogP contribution in [0.3, 0.4) is 0 Å². The van der Waals surface area contributed by atoms with Gasteiger partial charge in [-0.15, -0.1) is 0 Å². The number of fused-ring (bicyclic) bond motifs is 1. The molecule has 3 heteroatoms. The molecule has 2 aromatic rings. The quantitative estimate of drug-likeness (QED) is 0.856. The van der Waals surface area contributed by atoms with Crippen molar-refractivity contribution >= 4 is 10.9 Å². The zero-order chi connectivity index (χ0) is 11.7. The van der Waals surface area contributed by atoms with Gasteiger partial charge in [0.25, 0.3) is 0 Å². The van der Waals surface area contributed by atoms with Crippen molar-refractivity contribution in [1.82, 2.24) is 15.1 Å². The van der Waals surface area contributed by atoms with E-state index >= 15 is 0 Å². The molecule has 0 saturated carbocycles. The average molecular weight is 229 g/mol. The molecule has 0 spiro atoms. The van der Waals surface area contributed by atoms with Crippen molar-refractivity contribution in [1.29, 1.82) is 0 Å². The molecule has 0 radical (unpaired) electrons. The van der Waals surface area contributed by atoms with Gasteiger partial charge in [-0.25, -0.2) is 0 Å². The number of aromatic nitrogens is 2. The van der Waals surface area contributed by atoms with Crippen LogP contribution < -0.4 is 5.32 Å². The molecule has 3 rings (SSSR count). The summed E-state index contributed by atoms with van der Waals surface area (Å²) in [6.45, 7) is 5.48. The minimum Gasteiger partial charge on any atom is -0.316 e. The maximum atomic E-state index is 4.70. The Labute approximate surface area is 102 Å². The zero-order valence-electron chi connectivity index (χ0n) is 10.3. The van der Waals surface area contributed by atoms with E-state index in [0.717, 1.165) is 24.5 Å². The number of benzene rings is 1. The summed E-state index contributed by atoms with van der Waals surface area (Å²) < 4.78 is 2.12. The molecule has 17 heavy (non-hydrogen) atoms. The molecule has 1 aliphatic heterocycles. The van der Waals surface area contributed by atoms with Gasteiger partial charge in [0, 0.05) is 18.1 Å². The highest BCUT2D eigenvalue weighted by Gasteiger charge is 2.14. The molecular weight excluding hydrogens is 210 g/mol. The third kappa shape index (κ3) is 2.20. The lowest BCUT2D eigenvalue weighted by atomic mass is 10.00. The van der Waals surface area contributed by atoms with Crippen molar-refractivity contribution in [3.63, 3.8) is 0 Å². The van der Waals surface area contributed by atoms with Gasteiger partial charge in [0.2, 0.25) is 0 Å². The van der Waals surface area contributed by atoms with E-state index < -0.39 is 0 Å². The summed E-state index contributed by atoms with van der Waals surface area (Å²) in [6, 6.07) is 6.37. The summed E-state index contributed by atoms with van der Waals surface area (Å²) in [4.78, 5) is 0. The minimum absolute atomic E-state index is 0.735. The van der Waals surface area contributed by atoms with Crippen LogP contribution in [-0.2, 0) is 6.54 Å². The highest BCUT2D eigenvalue weighted by molar-refractivity contribution is 5.81. The summed E-state index contributed by atoms with van der Waals surface area (Å²) in [5.74, 6) is 0.735. The fourth-order valence-corrected chi connectivity index (χ4v) is 2.68. The fraction of sp³-hybridized carbons (Fsp3) is 0.500. The first-order valence-electron chi connectivity index (χ1n) is 6.46. The molecule has 1 unspecified atom stereocenters. The van der Waals surface area contributed by atoms with Crippen molar-refractivity contribution in [2.45, 2.75) is 26.3 Å². The molecule has 1 aliphatic rings. The van der Waals surface area contributed by atoms with Crippen LogP contribution >= 0.6 is 0 Å². The highest BCUT2D eigenvalue weighted by atomic mass is 15.3. The van der Waals surface area contributed by atoms with Gasteiger partial charge < -0.3 is 5.32 Å². The lowest BCUT2D eigenvalue weighted by Crippen LogP contribution is -2.32. The molecule has 90 valence electrons. The molecule has 1 saturated heterocycles. The number of hydrogen-bond acceptors (Lipinski definition) is 2. The summed E-state index contributed by atoms with van der Waals surface area (Å²) >= 11 is 0. The number of nitrogens with one attached hydrogen (secondary N) is 1. The number of nitrogens with zero attached hydrogens (tertiary/aromatic N) is 2. The Morgan fingerprint density at radius 3 is 3.18 bits per heavy atom. The standard InChI is InChI=1S/C14H19N3/c1-11-4-2-6-13-10-17(16-14(11)13)9-12-5-3-7-15-8-12/h2,4,6,10,12,15H,3,5,7-9H2,1H3. The van der Waals surface area contributed by atoms with E-state index in [1.165, 1.54) is 30.3 Å². The number of aryl methyl sites for hydroxylation is 1. The Bertz CT molecular complexity index is 509. The zero-order valence-corrected chi connectivity index (χ0v) is 10.3. The number of hydrogen-bond donors (Lipinski definition) is 1. The van der Waals surface area contributed by atoms with Gasteiger partial charge in [-0.05, 0) is 44.3 Å². The first-order chi connectivity index (χ1) is 8.33. The van der Waals surface area contributed by atoms with Crippen molar-refractivity contribution < 1.29 is 0 Å². The SMILES string of the molecule is Cc1cccc2cn(CC3CCCNC3)nc12. The van der Waals surface area contributed by atoms with Crippen molar-refractivity contribution in [2.24, 2.45) is 5.92 Å². The van der Waals surface area contributed by atoms with Gasteiger partial charge >= 0.3 is 0 Å². The first kappa shape index (κ1) is 10.8. The molecule has 1 fully saturated rings. The lowest BCUT2D eigenvalue weighted by molar-refractivity contribution is 0.326. The largest absolute Gasteiger partial charge is 0.316 e. The van der Waals surface area contributed by atoms with Crippen LogP contribution in [0, 0.1) is 12.8 Å². The maximum absolute atomic E-state index is 4.70. The third-order valence-corrected chi connectivity index (χ3v) is 3.63. The Kier molecular flexibility index (Phi) is 2.85. The Morgan fingerprint density at radius 2 is 2.41 bits per heavy atom. The monoisotopic (exact) mass is 229 g/mol. The fourth-order valence-electron chi connectivity index (χ4n) is 2.68. The predicted molar refractivity (Wildman–Crippen MR) is 70.1 cm³/mol. The van der Waals surface area contributed by atoms with E-state index in [0.29, 0.717) is 0 Å². The summed E-state index contributed by atoms with van der Waals surface area (Å²) in [7, 11) is 0. The van der Waals surface area contributed by atoms with E-state index in [2.05, 4.69) is 41.3 Å². The molecule has 1 N–H and O–H groups in total. The van der Waals surface area contributed by atoms with Gasteiger partial charge in [0.1, 0.15) is 0 Å². The summed E-state index contributed by atoms with van der Waals surface area (Å²) in [5.41, 5.74) is 2.42. The van der Waals surface area contributed by atoms with E-state index in [-0.39, 0.29) is 0 Å². The second kappa shape index (κ2) is 4.49. The van der Waals surface area contributed by atoms with Crippen LogP contribution in [0.2, 0.25) is 0 Å².